The maximum atomic E-state index is 13.3. The van der Waals surface area contributed by atoms with Gasteiger partial charge in [-0.05, 0) is 67.2 Å². The van der Waals surface area contributed by atoms with Crippen molar-refractivity contribution in [3.8, 4) is 0 Å². The maximum absolute atomic E-state index is 13.3. The molecule has 3 heterocycles. The van der Waals surface area contributed by atoms with Gasteiger partial charge in [-0.15, -0.1) is 11.3 Å². The van der Waals surface area contributed by atoms with Crippen LogP contribution in [-0.2, 0) is 24.8 Å². The Balaban J connectivity index is 1.49. The topological polar surface area (TPSA) is 101 Å². The summed E-state index contributed by atoms with van der Waals surface area (Å²) >= 11 is 1.04. The first kappa shape index (κ1) is 24.3. The van der Waals surface area contributed by atoms with Gasteiger partial charge in [0.1, 0.15) is 9.77 Å². The molecule has 33 heavy (non-hydrogen) atoms. The second-order valence-corrected chi connectivity index (χ2v) is 13.6. The third kappa shape index (κ3) is 4.37. The number of hydrogen-bond acceptors (Lipinski definition) is 7. The number of benzene rings is 1. The van der Waals surface area contributed by atoms with E-state index in [2.05, 4.69) is 0 Å². The number of nitrogens with zero attached hydrogens (tertiary/aromatic N) is 2. The van der Waals surface area contributed by atoms with E-state index >= 15 is 0 Å². The van der Waals surface area contributed by atoms with Crippen molar-refractivity contribution < 1.29 is 26.4 Å². The predicted molar refractivity (Wildman–Crippen MR) is 125 cm³/mol. The third-order valence-corrected chi connectivity index (χ3v) is 11.7. The minimum Gasteiger partial charge on any atom is -0.465 e. The number of sulfonamides is 2. The molecule has 8 nitrogen and oxygen atoms in total. The first-order chi connectivity index (χ1) is 15.5. The largest absolute Gasteiger partial charge is 0.465 e. The lowest BCUT2D eigenvalue weighted by atomic mass is 9.78. The fourth-order valence-electron chi connectivity index (χ4n) is 4.71. The summed E-state index contributed by atoms with van der Waals surface area (Å²) in [7, 11) is -6.22. The third-order valence-electron chi connectivity index (χ3n) is 6.77. The molecule has 1 spiro atoms. The summed E-state index contributed by atoms with van der Waals surface area (Å²) < 4.78 is 60.7. The first-order valence-electron chi connectivity index (χ1n) is 10.7. The molecule has 0 amide bonds. The molecule has 0 atom stereocenters. The van der Waals surface area contributed by atoms with E-state index in [-0.39, 0.29) is 15.2 Å². The molecule has 2 aliphatic rings. The van der Waals surface area contributed by atoms with Crippen molar-refractivity contribution >= 4 is 37.4 Å². The standard InChI is InChI=1S/C22H28N2O6S3/c1-16-4-5-17(2)19(14-16)33(28,29)23-10-7-22(8-11-23)9-12-24(15-22)32(26,27)18-6-13-31-20(18)21(25)30-3/h4-6,13-14H,7-12,15H2,1-3H3. The molecular formula is C22H28N2O6S3. The van der Waals surface area contributed by atoms with Crippen LogP contribution in [0.2, 0.25) is 0 Å². The Morgan fingerprint density at radius 2 is 1.55 bits per heavy atom. The smallest absolute Gasteiger partial charge is 0.349 e. The van der Waals surface area contributed by atoms with Crippen LogP contribution in [0.3, 0.4) is 0 Å². The van der Waals surface area contributed by atoms with Crippen LogP contribution in [0.25, 0.3) is 0 Å². The molecule has 0 bridgehead atoms. The Labute approximate surface area is 199 Å². The van der Waals surface area contributed by atoms with Gasteiger partial charge in [-0.25, -0.2) is 21.6 Å². The minimum absolute atomic E-state index is 0.0219. The van der Waals surface area contributed by atoms with Crippen LogP contribution in [0.5, 0.6) is 0 Å². The van der Waals surface area contributed by atoms with E-state index in [0.717, 1.165) is 22.5 Å². The van der Waals surface area contributed by atoms with E-state index in [9.17, 15) is 21.6 Å². The van der Waals surface area contributed by atoms with Crippen molar-refractivity contribution in [1.29, 1.82) is 0 Å². The number of aryl methyl sites for hydroxylation is 2. The number of ether oxygens (including phenoxy) is 1. The fourth-order valence-corrected chi connectivity index (χ4v) is 9.33. The van der Waals surface area contributed by atoms with Crippen LogP contribution in [0.4, 0.5) is 0 Å². The van der Waals surface area contributed by atoms with Crippen molar-refractivity contribution in [3.05, 3.63) is 45.6 Å². The van der Waals surface area contributed by atoms with Crippen LogP contribution < -0.4 is 0 Å². The molecule has 0 aliphatic carbocycles. The number of esters is 1. The number of thiophene rings is 1. The highest BCUT2D eigenvalue weighted by Gasteiger charge is 2.47. The summed E-state index contributed by atoms with van der Waals surface area (Å²) in [6, 6.07) is 6.86. The number of carbonyl (C=O) groups excluding carboxylic acids is 1. The van der Waals surface area contributed by atoms with E-state index in [0.29, 0.717) is 50.3 Å². The number of rotatable bonds is 5. The lowest BCUT2D eigenvalue weighted by molar-refractivity contribution is 0.0602. The number of piperidine rings is 1. The van der Waals surface area contributed by atoms with E-state index < -0.39 is 26.0 Å². The molecule has 0 N–H and O–H groups in total. The highest BCUT2D eigenvalue weighted by atomic mass is 32.2. The summed E-state index contributed by atoms with van der Waals surface area (Å²) in [5.74, 6) is -0.664. The van der Waals surface area contributed by atoms with Crippen molar-refractivity contribution in [2.45, 2.75) is 42.9 Å². The van der Waals surface area contributed by atoms with Gasteiger partial charge in [0.05, 0.1) is 12.0 Å². The lowest BCUT2D eigenvalue weighted by Crippen LogP contribution is -2.44. The zero-order valence-electron chi connectivity index (χ0n) is 18.9. The molecule has 180 valence electrons. The number of carbonyl (C=O) groups is 1. The second-order valence-electron chi connectivity index (χ2n) is 8.87. The first-order valence-corrected chi connectivity index (χ1v) is 14.5. The number of methoxy groups -OCH3 is 1. The van der Waals surface area contributed by atoms with Crippen molar-refractivity contribution in [3.63, 3.8) is 0 Å². The molecule has 2 aromatic rings. The monoisotopic (exact) mass is 512 g/mol. The second kappa shape index (κ2) is 8.77. The fraction of sp³-hybridized carbons (Fsp3) is 0.500. The summed E-state index contributed by atoms with van der Waals surface area (Å²) in [4.78, 5) is 12.4. The van der Waals surface area contributed by atoms with E-state index in [1.807, 2.05) is 19.1 Å². The Kier molecular flexibility index (Phi) is 6.47. The molecule has 4 rings (SSSR count). The normalized spacial score (nSPS) is 19.7. The van der Waals surface area contributed by atoms with Crippen LogP contribution in [-0.4, -0.2) is 64.7 Å². The van der Waals surface area contributed by atoms with Gasteiger partial charge in [0, 0.05) is 26.2 Å². The van der Waals surface area contributed by atoms with Crippen molar-refractivity contribution in [1.82, 2.24) is 8.61 Å². The minimum atomic E-state index is -3.84. The van der Waals surface area contributed by atoms with Gasteiger partial charge in [0.2, 0.25) is 20.0 Å². The predicted octanol–water partition coefficient (Wildman–Crippen LogP) is 3.02. The van der Waals surface area contributed by atoms with Crippen molar-refractivity contribution in [2.24, 2.45) is 5.41 Å². The Hall–Kier alpha value is -1.79. The maximum Gasteiger partial charge on any atom is 0.349 e. The Bertz CT molecular complexity index is 1270. The van der Waals surface area contributed by atoms with Gasteiger partial charge < -0.3 is 4.74 Å². The highest BCUT2D eigenvalue weighted by molar-refractivity contribution is 7.89. The van der Waals surface area contributed by atoms with Gasteiger partial charge in [0.25, 0.3) is 0 Å². The molecule has 0 unspecified atom stereocenters. The quantitative estimate of drug-likeness (QED) is 0.571. The van der Waals surface area contributed by atoms with Crippen LogP contribution in [0.15, 0.2) is 39.4 Å². The van der Waals surface area contributed by atoms with Gasteiger partial charge >= 0.3 is 5.97 Å². The SMILES string of the molecule is COC(=O)c1sccc1S(=O)(=O)N1CCC2(CCN(S(=O)(=O)c3cc(C)ccc3C)CC2)C1. The molecule has 11 heteroatoms. The zero-order valence-corrected chi connectivity index (χ0v) is 21.4. The average Bonchev–Trinajstić information content (AvgIpc) is 3.44. The van der Waals surface area contributed by atoms with Gasteiger partial charge in [0.15, 0.2) is 0 Å². The van der Waals surface area contributed by atoms with Crippen LogP contribution >= 0.6 is 11.3 Å². The number of hydrogen-bond donors (Lipinski definition) is 0. The molecule has 0 radical (unpaired) electrons. The van der Waals surface area contributed by atoms with Crippen LogP contribution in [0, 0.1) is 19.3 Å². The van der Waals surface area contributed by atoms with Gasteiger partial charge in [-0.3, -0.25) is 0 Å². The van der Waals surface area contributed by atoms with E-state index in [1.54, 1.807) is 18.4 Å². The van der Waals surface area contributed by atoms with E-state index in [1.165, 1.54) is 21.8 Å². The van der Waals surface area contributed by atoms with Crippen LogP contribution in [0.1, 0.15) is 40.1 Å². The molecule has 2 aliphatic heterocycles. The van der Waals surface area contributed by atoms with Gasteiger partial charge in [-0.1, -0.05) is 12.1 Å². The molecule has 1 aromatic heterocycles. The molecular weight excluding hydrogens is 484 g/mol. The summed E-state index contributed by atoms with van der Waals surface area (Å²) in [6.07, 6.45) is 1.86. The Morgan fingerprint density at radius 1 is 0.939 bits per heavy atom. The summed E-state index contributed by atoms with van der Waals surface area (Å²) in [5, 5.41) is 1.57. The van der Waals surface area contributed by atoms with E-state index in [4.69, 9.17) is 4.74 Å². The molecule has 2 saturated heterocycles. The average molecular weight is 513 g/mol. The lowest BCUT2D eigenvalue weighted by Gasteiger charge is -2.38. The summed E-state index contributed by atoms with van der Waals surface area (Å²) in [6.45, 7) is 5.05. The zero-order chi connectivity index (χ0) is 24.0. The molecule has 0 saturated carbocycles. The summed E-state index contributed by atoms with van der Waals surface area (Å²) in [5.41, 5.74) is 1.35. The highest BCUT2D eigenvalue weighted by Crippen LogP contribution is 2.43. The van der Waals surface area contributed by atoms with Gasteiger partial charge in [-0.2, -0.15) is 8.61 Å². The van der Waals surface area contributed by atoms with Crippen molar-refractivity contribution in [2.75, 3.05) is 33.3 Å². The molecule has 2 fully saturated rings. The molecule has 1 aromatic carbocycles. The Morgan fingerprint density at radius 3 is 2.18 bits per heavy atom.